The number of carbonyl (C=O) groups is 1. The SMILES string of the molecule is COc1ccc(-c2ccc(N3CCN(C(=O)CSc4nc5ccccc5o4)CC3)nn2)cc1. The largest absolute Gasteiger partial charge is 0.497 e. The summed E-state index contributed by atoms with van der Waals surface area (Å²) < 4.78 is 10.9. The normalized spacial score (nSPS) is 14.0. The molecule has 1 fully saturated rings. The van der Waals surface area contributed by atoms with Crippen molar-refractivity contribution in [2.75, 3.05) is 43.9 Å². The maximum Gasteiger partial charge on any atom is 0.257 e. The summed E-state index contributed by atoms with van der Waals surface area (Å²) in [6.07, 6.45) is 0. The zero-order valence-corrected chi connectivity index (χ0v) is 19.0. The number of benzene rings is 2. The van der Waals surface area contributed by atoms with Gasteiger partial charge in [0.2, 0.25) is 5.91 Å². The van der Waals surface area contributed by atoms with Crippen molar-refractivity contribution < 1.29 is 13.9 Å². The van der Waals surface area contributed by atoms with E-state index in [0.29, 0.717) is 24.1 Å². The molecule has 8 nitrogen and oxygen atoms in total. The van der Waals surface area contributed by atoms with Crippen molar-refractivity contribution >= 4 is 34.6 Å². The van der Waals surface area contributed by atoms with Crippen molar-refractivity contribution in [1.82, 2.24) is 20.1 Å². The van der Waals surface area contributed by atoms with Crippen LogP contribution in [0.2, 0.25) is 0 Å². The summed E-state index contributed by atoms with van der Waals surface area (Å²) in [6, 6.07) is 19.3. The number of amides is 1. The Bertz CT molecular complexity index is 1200. The lowest BCUT2D eigenvalue weighted by Crippen LogP contribution is -2.49. The third-order valence-corrected chi connectivity index (χ3v) is 6.40. The lowest BCUT2D eigenvalue weighted by atomic mass is 10.1. The number of ether oxygens (including phenoxy) is 1. The Morgan fingerprint density at radius 3 is 2.48 bits per heavy atom. The molecule has 9 heteroatoms. The Hall–Kier alpha value is -3.59. The van der Waals surface area contributed by atoms with Crippen LogP contribution in [0, 0.1) is 0 Å². The van der Waals surface area contributed by atoms with Gasteiger partial charge >= 0.3 is 0 Å². The smallest absolute Gasteiger partial charge is 0.257 e. The van der Waals surface area contributed by atoms with E-state index in [0.717, 1.165) is 47.0 Å². The first-order valence-electron chi connectivity index (χ1n) is 10.7. The molecule has 0 saturated carbocycles. The average Bonchev–Trinajstić information content (AvgIpc) is 3.31. The van der Waals surface area contributed by atoms with E-state index in [4.69, 9.17) is 9.15 Å². The minimum Gasteiger partial charge on any atom is -0.497 e. The maximum absolute atomic E-state index is 12.7. The molecule has 0 aliphatic carbocycles. The Kier molecular flexibility index (Phi) is 6.12. The molecule has 3 heterocycles. The van der Waals surface area contributed by atoms with Gasteiger partial charge in [0.05, 0.1) is 18.6 Å². The van der Waals surface area contributed by atoms with E-state index in [2.05, 4.69) is 20.1 Å². The molecule has 0 atom stereocenters. The molecule has 168 valence electrons. The molecule has 1 amide bonds. The number of methoxy groups -OCH3 is 1. The summed E-state index contributed by atoms with van der Waals surface area (Å²) in [5.74, 6) is 2.02. The van der Waals surface area contributed by atoms with Crippen molar-refractivity contribution in [2.24, 2.45) is 0 Å². The van der Waals surface area contributed by atoms with Gasteiger partial charge in [-0.25, -0.2) is 4.98 Å². The number of nitrogens with zero attached hydrogens (tertiary/aromatic N) is 5. The number of anilines is 1. The number of para-hydroxylation sites is 2. The van der Waals surface area contributed by atoms with Gasteiger partial charge in [0.25, 0.3) is 5.22 Å². The molecule has 2 aromatic carbocycles. The molecule has 4 aromatic rings. The van der Waals surface area contributed by atoms with Crippen LogP contribution in [0.25, 0.3) is 22.4 Å². The number of rotatable bonds is 6. The number of piperazine rings is 1. The van der Waals surface area contributed by atoms with Crippen molar-refractivity contribution in [1.29, 1.82) is 0 Å². The fourth-order valence-electron chi connectivity index (χ4n) is 3.72. The number of aromatic nitrogens is 3. The molecule has 1 saturated heterocycles. The van der Waals surface area contributed by atoms with E-state index in [1.807, 2.05) is 65.6 Å². The molecule has 5 rings (SSSR count). The Morgan fingerprint density at radius 1 is 1.00 bits per heavy atom. The zero-order valence-electron chi connectivity index (χ0n) is 18.2. The molecule has 0 unspecified atom stereocenters. The number of thioether (sulfide) groups is 1. The van der Waals surface area contributed by atoms with Gasteiger partial charge in [-0.3, -0.25) is 4.79 Å². The highest BCUT2D eigenvalue weighted by Crippen LogP contribution is 2.24. The van der Waals surface area contributed by atoms with Crippen LogP contribution in [-0.2, 0) is 4.79 Å². The van der Waals surface area contributed by atoms with Crippen molar-refractivity contribution in [3.8, 4) is 17.0 Å². The third kappa shape index (κ3) is 4.78. The fourth-order valence-corrected chi connectivity index (χ4v) is 4.46. The van der Waals surface area contributed by atoms with Crippen molar-refractivity contribution in [3.63, 3.8) is 0 Å². The molecule has 1 aliphatic heterocycles. The van der Waals surface area contributed by atoms with Crippen LogP contribution in [0.3, 0.4) is 0 Å². The van der Waals surface area contributed by atoms with Crippen LogP contribution in [0.4, 0.5) is 5.82 Å². The lowest BCUT2D eigenvalue weighted by molar-refractivity contribution is -0.128. The highest BCUT2D eigenvalue weighted by atomic mass is 32.2. The fraction of sp³-hybridized carbons (Fsp3) is 0.250. The van der Waals surface area contributed by atoms with Gasteiger partial charge in [-0.05, 0) is 48.5 Å². The molecular formula is C24H23N5O3S. The Morgan fingerprint density at radius 2 is 1.79 bits per heavy atom. The van der Waals surface area contributed by atoms with E-state index in [1.54, 1.807) is 7.11 Å². The molecule has 0 bridgehead atoms. The van der Waals surface area contributed by atoms with E-state index in [1.165, 1.54) is 11.8 Å². The lowest BCUT2D eigenvalue weighted by Gasteiger charge is -2.35. The first kappa shape index (κ1) is 21.3. The molecule has 1 aliphatic rings. The van der Waals surface area contributed by atoms with E-state index in [9.17, 15) is 4.79 Å². The molecule has 2 aromatic heterocycles. The van der Waals surface area contributed by atoms with Gasteiger partial charge in [0, 0.05) is 31.7 Å². The van der Waals surface area contributed by atoms with Crippen LogP contribution >= 0.6 is 11.8 Å². The first-order chi connectivity index (χ1) is 16.2. The van der Waals surface area contributed by atoms with Crippen LogP contribution < -0.4 is 9.64 Å². The minimum absolute atomic E-state index is 0.0860. The van der Waals surface area contributed by atoms with Crippen LogP contribution in [-0.4, -0.2) is 65.0 Å². The van der Waals surface area contributed by atoms with E-state index in [-0.39, 0.29) is 5.91 Å². The van der Waals surface area contributed by atoms with E-state index >= 15 is 0 Å². The monoisotopic (exact) mass is 461 g/mol. The second-order valence-corrected chi connectivity index (χ2v) is 8.54. The van der Waals surface area contributed by atoms with E-state index < -0.39 is 0 Å². The predicted molar refractivity (Wildman–Crippen MR) is 128 cm³/mol. The first-order valence-corrected chi connectivity index (χ1v) is 11.7. The molecule has 0 N–H and O–H groups in total. The number of oxazole rings is 1. The molecule has 0 spiro atoms. The van der Waals surface area contributed by atoms with Gasteiger partial charge in [-0.1, -0.05) is 23.9 Å². The van der Waals surface area contributed by atoms with Gasteiger partial charge in [-0.15, -0.1) is 10.2 Å². The minimum atomic E-state index is 0.0860. The number of fused-ring (bicyclic) bond motifs is 1. The standard InChI is InChI=1S/C24H23N5O3S/c1-31-18-8-6-17(7-9-18)19-10-11-22(27-26-19)28-12-14-29(15-13-28)23(30)16-33-24-25-20-4-2-3-5-21(20)32-24/h2-11H,12-16H2,1H3. The van der Waals surface area contributed by atoms with Gasteiger partial charge < -0.3 is 19.0 Å². The maximum atomic E-state index is 12.7. The van der Waals surface area contributed by atoms with Crippen molar-refractivity contribution in [3.05, 3.63) is 60.7 Å². The van der Waals surface area contributed by atoms with Crippen LogP contribution in [0.1, 0.15) is 0 Å². The summed E-state index contributed by atoms with van der Waals surface area (Å²) in [4.78, 5) is 21.1. The summed E-state index contributed by atoms with van der Waals surface area (Å²) >= 11 is 1.33. The zero-order chi connectivity index (χ0) is 22.6. The Balaban J connectivity index is 1.13. The molecule has 0 radical (unpaired) electrons. The van der Waals surface area contributed by atoms with Gasteiger partial charge in [0.1, 0.15) is 11.3 Å². The average molecular weight is 462 g/mol. The second-order valence-electron chi connectivity index (χ2n) is 7.61. The van der Waals surface area contributed by atoms with Crippen LogP contribution in [0.15, 0.2) is 70.3 Å². The van der Waals surface area contributed by atoms with Crippen molar-refractivity contribution in [2.45, 2.75) is 5.22 Å². The summed E-state index contributed by atoms with van der Waals surface area (Å²) in [5.41, 5.74) is 3.34. The number of carbonyl (C=O) groups excluding carboxylic acids is 1. The number of hydrogen-bond donors (Lipinski definition) is 0. The summed E-state index contributed by atoms with van der Waals surface area (Å²) in [6.45, 7) is 2.73. The summed E-state index contributed by atoms with van der Waals surface area (Å²) in [5, 5.41) is 9.31. The molecule has 33 heavy (non-hydrogen) atoms. The highest BCUT2D eigenvalue weighted by molar-refractivity contribution is 7.99. The van der Waals surface area contributed by atoms with Gasteiger partial charge in [-0.2, -0.15) is 0 Å². The second kappa shape index (κ2) is 9.50. The topological polar surface area (TPSA) is 84.6 Å². The molecular weight excluding hydrogens is 438 g/mol. The van der Waals surface area contributed by atoms with Gasteiger partial charge in [0.15, 0.2) is 11.4 Å². The quantitative estimate of drug-likeness (QED) is 0.402. The summed E-state index contributed by atoms with van der Waals surface area (Å²) in [7, 11) is 1.65. The van der Waals surface area contributed by atoms with Crippen LogP contribution in [0.5, 0.6) is 5.75 Å². The predicted octanol–water partition coefficient (Wildman–Crippen LogP) is 3.73. The highest BCUT2D eigenvalue weighted by Gasteiger charge is 2.23. The Labute approximate surface area is 195 Å². The third-order valence-electron chi connectivity index (χ3n) is 5.59. The number of hydrogen-bond acceptors (Lipinski definition) is 8.